The van der Waals surface area contributed by atoms with E-state index in [9.17, 15) is 4.79 Å². The van der Waals surface area contributed by atoms with Gasteiger partial charge in [-0.1, -0.05) is 25.8 Å². The fourth-order valence-corrected chi connectivity index (χ4v) is 6.34. The van der Waals surface area contributed by atoms with E-state index in [1.54, 1.807) is 0 Å². The van der Waals surface area contributed by atoms with Gasteiger partial charge in [-0.2, -0.15) is 0 Å². The molecule has 0 unspecified atom stereocenters. The van der Waals surface area contributed by atoms with E-state index in [0.29, 0.717) is 18.1 Å². The van der Waals surface area contributed by atoms with Crippen LogP contribution in [0.2, 0.25) is 0 Å². The number of terminal acetylenes is 1. The van der Waals surface area contributed by atoms with E-state index in [0.717, 1.165) is 61.0 Å². The lowest BCUT2D eigenvalue weighted by Crippen LogP contribution is -2.30. The molecule has 3 N–H and O–H groups in total. The maximum atomic E-state index is 11.3. The molecule has 8 heteroatoms. The Labute approximate surface area is 249 Å². The number of aromatic amines is 1. The number of piperidine rings is 1. The number of nitrogens with one attached hydrogen (secondary N) is 1. The van der Waals surface area contributed by atoms with Crippen LogP contribution in [0.15, 0.2) is 24.4 Å². The maximum Gasteiger partial charge on any atom is 0.204 e. The predicted octanol–water partition coefficient (Wildman–Crippen LogP) is 6.88. The minimum atomic E-state index is 0.250. The summed E-state index contributed by atoms with van der Waals surface area (Å²) < 4.78 is 1.27. The largest absolute Gasteiger partial charge is 0.372 e. The first-order valence-electron chi connectivity index (χ1n) is 15.1. The lowest BCUT2D eigenvalue weighted by atomic mass is 9.94. The molecule has 1 spiro atoms. The zero-order chi connectivity index (χ0) is 29.7. The smallest absolute Gasteiger partial charge is 0.204 e. The van der Waals surface area contributed by atoms with Gasteiger partial charge < -0.3 is 15.6 Å². The number of amides is 1. The van der Waals surface area contributed by atoms with Crippen molar-refractivity contribution in [3.05, 3.63) is 35.2 Å². The molecule has 1 saturated heterocycles. The van der Waals surface area contributed by atoms with Crippen molar-refractivity contribution in [3.63, 3.8) is 0 Å². The molecule has 222 valence electrons. The molecule has 0 atom stereocenters. The maximum absolute atomic E-state index is 11.3. The molecule has 3 fully saturated rings. The van der Waals surface area contributed by atoms with Crippen molar-refractivity contribution in [2.24, 2.45) is 11.1 Å². The van der Waals surface area contributed by atoms with Gasteiger partial charge in [0.2, 0.25) is 6.41 Å². The Bertz CT molecular complexity index is 1240. The van der Waals surface area contributed by atoms with E-state index in [1.165, 1.54) is 66.9 Å². The molecule has 6 rings (SSSR count). The molecule has 3 aromatic rings. The number of imidazole rings is 1. The standard InChI is InChI=1S/C22H27N3OS.C8H15N.C2H2.CH3NO/c1-2-17(26)7-5-3-4-6-8-21-23-14-19(24-21)16-11-12-18-20(13-16)27-22(25-18)15-9-10-15;1-9-6-4-8(2-3-8)5-7-9;1-2;2-1-3/h11-15H,2-10H2,1H3,(H,23,24);2-7H2,1H3;1-2H;1H,(H2,2,3). The molecular weight excluding hydrogens is 530 g/mol. The number of likely N-dealkylation sites (tertiary alicyclic amines) is 1. The molecule has 3 aliphatic rings. The van der Waals surface area contributed by atoms with Gasteiger partial charge in [0.25, 0.3) is 0 Å². The quantitative estimate of drug-likeness (QED) is 0.155. The van der Waals surface area contributed by atoms with Gasteiger partial charge in [-0.25, -0.2) is 9.97 Å². The SMILES string of the molecule is C#C.CCC(=O)CCCCCCc1ncc(-c2ccc3nc(C4CC4)sc3c2)[nH]1.CN1CCC2(CC1)CC2.NC=O. The van der Waals surface area contributed by atoms with Crippen LogP contribution in [0, 0.1) is 18.3 Å². The van der Waals surface area contributed by atoms with Crippen LogP contribution in [-0.4, -0.2) is 52.2 Å². The molecule has 2 saturated carbocycles. The van der Waals surface area contributed by atoms with E-state index in [4.69, 9.17) is 9.78 Å². The first kappa shape index (κ1) is 32.5. The van der Waals surface area contributed by atoms with Crippen LogP contribution >= 0.6 is 11.3 Å². The summed E-state index contributed by atoms with van der Waals surface area (Å²) in [6, 6.07) is 6.51. The lowest BCUT2D eigenvalue weighted by Gasteiger charge is -2.28. The Morgan fingerprint density at radius 3 is 2.46 bits per heavy atom. The van der Waals surface area contributed by atoms with Crippen LogP contribution in [0.5, 0.6) is 0 Å². The van der Waals surface area contributed by atoms with Crippen molar-refractivity contribution < 1.29 is 9.59 Å². The normalized spacial score (nSPS) is 16.9. The second-order valence-electron chi connectivity index (χ2n) is 11.5. The number of nitrogens with two attached hydrogens (primary N) is 1. The fraction of sp³-hybridized carbons (Fsp3) is 0.576. The number of ketones is 1. The molecule has 41 heavy (non-hydrogen) atoms. The first-order valence-corrected chi connectivity index (χ1v) is 15.9. The third-order valence-electron chi connectivity index (χ3n) is 8.29. The van der Waals surface area contributed by atoms with Crippen molar-refractivity contribution in [3.8, 4) is 24.1 Å². The molecule has 0 bridgehead atoms. The van der Waals surface area contributed by atoms with E-state index < -0.39 is 0 Å². The number of carbonyl (C=O) groups is 2. The number of aryl methyl sites for hydroxylation is 1. The number of nitrogens with zero attached hydrogens (tertiary/aromatic N) is 3. The number of fused-ring (bicyclic) bond motifs is 1. The molecule has 0 radical (unpaired) electrons. The molecule has 1 amide bonds. The third-order valence-corrected chi connectivity index (χ3v) is 9.47. The Balaban J connectivity index is 0.000000272. The number of primary amides is 1. The second-order valence-corrected chi connectivity index (χ2v) is 12.6. The summed E-state index contributed by atoms with van der Waals surface area (Å²) in [7, 11) is 2.23. The first-order chi connectivity index (χ1) is 19.9. The van der Waals surface area contributed by atoms with Crippen LogP contribution in [0.25, 0.3) is 21.5 Å². The highest BCUT2D eigenvalue weighted by atomic mass is 32.1. The predicted molar refractivity (Wildman–Crippen MR) is 170 cm³/mol. The second kappa shape index (κ2) is 16.4. The van der Waals surface area contributed by atoms with Gasteiger partial charge >= 0.3 is 0 Å². The van der Waals surface area contributed by atoms with E-state index in [-0.39, 0.29) is 6.41 Å². The summed E-state index contributed by atoms with van der Waals surface area (Å²) in [5.41, 5.74) is 8.42. The van der Waals surface area contributed by atoms with Gasteiger partial charge in [0, 0.05) is 30.7 Å². The number of H-pyrrole nitrogens is 1. The van der Waals surface area contributed by atoms with Gasteiger partial charge in [-0.05, 0) is 89.1 Å². The highest BCUT2D eigenvalue weighted by molar-refractivity contribution is 7.18. The Morgan fingerprint density at radius 2 is 1.83 bits per heavy atom. The molecular formula is C33H47N5O2S. The number of aromatic nitrogens is 3. The summed E-state index contributed by atoms with van der Waals surface area (Å²) >= 11 is 1.84. The van der Waals surface area contributed by atoms with Crippen molar-refractivity contribution in [1.82, 2.24) is 19.9 Å². The van der Waals surface area contributed by atoms with Crippen LogP contribution in [0.1, 0.15) is 101 Å². The zero-order valence-corrected chi connectivity index (χ0v) is 25.7. The number of rotatable bonds is 10. The Morgan fingerprint density at radius 1 is 1.15 bits per heavy atom. The van der Waals surface area contributed by atoms with Crippen molar-refractivity contribution >= 4 is 33.7 Å². The summed E-state index contributed by atoms with van der Waals surface area (Å²) in [5.74, 6) is 2.15. The molecule has 2 aromatic heterocycles. The third kappa shape index (κ3) is 10.4. The molecule has 1 aliphatic heterocycles. The number of hydrogen-bond donors (Lipinski definition) is 2. The number of thiazole rings is 1. The van der Waals surface area contributed by atoms with Crippen LogP contribution in [0.3, 0.4) is 0 Å². The molecule has 2 aliphatic carbocycles. The highest BCUT2D eigenvalue weighted by Crippen LogP contribution is 2.53. The van der Waals surface area contributed by atoms with Crippen molar-refractivity contribution in [1.29, 1.82) is 0 Å². The van der Waals surface area contributed by atoms with Gasteiger partial charge in [0.1, 0.15) is 11.6 Å². The van der Waals surface area contributed by atoms with Gasteiger partial charge in [0.15, 0.2) is 0 Å². The van der Waals surface area contributed by atoms with Crippen molar-refractivity contribution in [2.75, 3.05) is 20.1 Å². The van der Waals surface area contributed by atoms with E-state index in [2.05, 4.69) is 58.7 Å². The summed E-state index contributed by atoms with van der Waals surface area (Å²) in [4.78, 5) is 35.1. The average molecular weight is 578 g/mol. The van der Waals surface area contributed by atoms with E-state index >= 15 is 0 Å². The molecule has 3 heterocycles. The Hall–Kier alpha value is -3.02. The van der Waals surface area contributed by atoms with Crippen LogP contribution < -0.4 is 5.73 Å². The topological polar surface area (TPSA) is 105 Å². The number of unbranched alkanes of at least 4 members (excludes halogenated alkanes) is 3. The number of Topliss-reactive ketones (excluding diaryl/α,β-unsaturated/α-hetero) is 1. The van der Waals surface area contributed by atoms with Crippen molar-refractivity contribution in [2.45, 2.75) is 96.3 Å². The highest BCUT2D eigenvalue weighted by Gasteiger charge is 2.43. The Kier molecular flexibility index (Phi) is 13.0. The molecule has 7 nitrogen and oxygen atoms in total. The summed E-state index contributed by atoms with van der Waals surface area (Å²) in [6.07, 6.45) is 25.6. The van der Waals surface area contributed by atoms with Gasteiger partial charge in [-0.3, -0.25) is 9.59 Å². The van der Waals surface area contributed by atoms with Gasteiger partial charge in [-0.15, -0.1) is 24.2 Å². The van der Waals surface area contributed by atoms with Crippen LogP contribution in [-0.2, 0) is 16.0 Å². The summed E-state index contributed by atoms with van der Waals surface area (Å²) in [5, 5.41) is 1.30. The van der Waals surface area contributed by atoms with Gasteiger partial charge in [0.05, 0.1) is 27.1 Å². The zero-order valence-electron chi connectivity index (χ0n) is 24.9. The van der Waals surface area contributed by atoms with E-state index in [1.807, 2.05) is 24.5 Å². The minimum Gasteiger partial charge on any atom is -0.372 e. The number of benzene rings is 1. The summed E-state index contributed by atoms with van der Waals surface area (Å²) in [6.45, 7) is 4.63. The minimum absolute atomic E-state index is 0.250. The lowest BCUT2D eigenvalue weighted by molar-refractivity contribution is -0.118. The molecule has 1 aromatic carbocycles. The van der Waals surface area contributed by atoms with Crippen LogP contribution in [0.4, 0.5) is 0 Å². The average Bonchev–Trinajstić information content (AvgIpc) is 3.90. The number of hydrogen-bond acceptors (Lipinski definition) is 6. The monoisotopic (exact) mass is 577 g/mol. The fourth-order valence-electron chi connectivity index (χ4n) is 5.17. The number of carbonyl (C=O) groups excluding carboxylic acids is 2.